The Kier molecular flexibility index (Phi) is 2.06. The lowest BCUT2D eigenvalue weighted by molar-refractivity contribution is -0.124. The molecule has 0 aromatic carbocycles. The number of hydrogen-bond donors (Lipinski definition) is 2. The number of amides is 1. The van der Waals surface area contributed by atoms with E-state index < -0.39 is 0 Å². The molecule has 0 radical (unpaired) electrons. The number of nitrogens with two attached hydrogens (primary N) is 1. The summed E-state index contributed by atoms with van der Waals surface area (Å²) in [5.41, 5.74) is 5.63. The van der Waals surface area contributed by atoms with Gasteiger partial charge in [-0.15, -0.1) is 0 Å². The van der Waals surface area contributed by atoms with E-state index in [1.165, 1.54) is 19.3 Å². The molecule has 3 unspecified atom stereocenters. The zero-order chi connectivity index (χ0) is 9.47. The molecule has 1 spiro atoms. The largest absolute Gasteiger partial charge is 0.369 e. The van der Waals surface area contributed by atoms with Crippen molar-refractivity contribution in [3.8, 4) is 0 Å². The molecule has 0 bridgehead atoms. The highest BCUT2D eigenvalue weighted by Gasteiger charge is 2.49. The number of hydrogen-bond acceptors (Lipinski definition) is 2. The Labute approximate surface area is 79.1 Å². The Morgan fingerprint density at radius 1 is 1.62 bits per heavy atom. The van der Waals surface area contributed by atoms with Gasteiger partial charge in [-0.25, -0.2) is 0 Å². The van der Waals surface area contributed by atoms with Crippen molar-refractivity contribution in [1.29, 1.82) is 0 Å². The van der Waals surface area contributed by atoms with Gasteiger partial charge in [-0.1, -0.05) is 13.3 Å². The quantitative estimate of drug-likeness (QED) is 0.620. The number of rotatable bonds is 1. The highest BCUT2D eigenvalue weighted by Crippen LogP contribution is 2.48. The van der Waals surface area contributed by atoms with Crippen LogP contribution in [-0.4, -0.2) is 19.0 Å². The van der Waals surface area contributed by atoms with E-state index in [9.17, 15) is 4.79 Å². The Bertz CT molecular complexity index is 229. The maximum Gasteiger partial charge on any atom is 0.222 e. The van der Waals surface area contributed by atoms with Crippen molar-refractivity contribution in [2.24, 2.45) is 23.0 Å². The van der Waals surface area contributed by atoms with E-state index in [2.05, 4.69) is 12.2 Å². The van der Waals surface area contributed by atoms with Gasteiger partial charge in [-0.05, 0) is 24.2 Å². The van der Waals surface area contributed by atoms with E-state index in [-0.39, 0.29) is 17.2 Å². The van der Waals surface area contributed by atoms with E-state index in [1.54, 1.807) is 0 Å². The molecule has 1 saturated carbocycles. The van der Waals surface area contributed by atoms with Crippen LogP contribution >= 0.6 is 0 Å². The van der Waals surface area contributed by atoms with E-state index in [0.29, 0.717) is 0 Å². The van der Waals surface area contributed by atoms with Gasteiger partial charge in [-0.2, -0.15) is 0 Å². The molecule has 2 fully saturated rings. The summed E-state index contributed by atoms with van der Waals surface area (Å²) in [4.78, 5) is 11.3. The average Bonchev–Trinajstić information content (AvgIpc) is 2.60. The third kappa shape index (κ3) is 1.35. The highest BCUT2D eigenvalue weighted by atomic mass is 16.1. The Balaban J connectivity index is 2.16. The molecule has 3 N–H and O–H groups in total. The lowest BCUT2D eigenvalue weighted by Gasteiger charge is -2.27. The molecule has 2 rings (SSSR count). The molecule has 0 aromatic rings. The second kappa shape index (κ2) is 2.98. The van der Waals surface area contributed by atoms with Crippen molar-refractivity contribution in [2.75, 3.05) is 13.1 Å². The molecule has 2 aliphatic rings. The van der Waals surface area contributed by atoms with Crippen LogP contribution in [0.1, 0.15) is 26.2 Å². The lowest BCUT2D eigenvalue weighted by Crippen LogP contribution is -2.36. The molecule has 3 nitrogen and oxygen atoms in total. The molecular weight excluding hydrogens is 164 g/mol. The van der Waals surface area contributed by atoms with E-state index in [1.807, 2.05) is 0 Å². The van der Waals surface area contributed by atoms with Crippen molar-refractivity contribution in [2.45, 2.75) is 26.2 Å². The van der Waals surface area contributed by atoms with Gasteiger partial charge in [0, 0.05) is 13.1 Å². The van der Waals surface area contributed by atoms with Gasteiger partial charge in [0.2, 0.25) is 5.91 Å². The van der Waals surface area contributed by atoms with Crippen LogP contribution in [-0.2, 0) is 4.79 Å². The van der Waals surface area contributed by atoms with Gasteiger partial charge in [0.05, 0.1) is 5.92 Å². The molecule has 3 atom stereocenters. The maximum absolute atomic E-state index is 11.3. The summed E-state index contributed by atoms with van der Waals surface area (Å²) < 4.78 is 0. The molecule has 1 amide bonds. The zero-order valence-corrected chi connectivity index (χ0v) is 8.18. The second-order valence-electron chi connectivity index (χ2n) is 4.80. The van der Waals surface area contributed by atoms with Crippen molar-refractivity contribution in [3.63, 3.8) is 0 Å². The second-order valence-corrected chi connectivity index (χ2v) is 4.80. The van der Waals surface area contributed by atoms with Gasteiger partial charge in [0.1, 0.15) is 0 Å². The van der Waals surface area contributed by atoms with Gasteiger partial charge < -0.3 is 11.1 Å². The van der Waals surface area contributed by atoms with E-state index in [0.717, 1.165) is 19.0 Å². The minimum Gasteiger partial charge on any atom is -0.369 e. The first-order valence-electron chi connectivity index (χ1n) is 5.14. The van der Waals surface area contributed by atoms with Crippen molar-refractivity contribution in [3.05, 3.63) is 0 Å². The predicted octanol–water partition coefficient (Wildman–Crippen LogP) is 0.497. The topological polar surface area (TPSA) is 55.1 Å². The van der Waals surface area contributed by atoms with Gasteiger partial charge in [0.15, 0.2) is 0 Å². The van der Waals surface area contributed by atoms with Crippen LogP contribution in [0, 0.1) is 17.3 Å². The summed E-state index contributed by atoms with van der Waals surface area (Å²) in [6.07, 6.45) is 3.60. The third-order valence-electron chi connectivity index (χ3n) is 3.80. The fraction of sp³-hybridized carbons (Fsp3) is 0.900. The number of carbonyl (C=O) groups excluding carboxylic acids is 1. The smallest absolute Gasteiger partial charge is 0.222 e. The van der Waals surface area contributed by atoms with Crippen LogP contribution in [0.4, 0.5) is 0 Å². The summed E-state index contributed by atoms with van der Waals surface area (Å²) >= 11 is 0. The van der Waals surface area contributed by atoms with Crippen LogP contribution < -0.4 is 11.1 Å². The monoisotopic (exact) mass is 182 g/mol. The first-order chi connectivity index (χ1) is 6.14. The van der Waals surface area contributed by atoms with Crippen molar-refractivity contribution >= 4 is 5.91 Å². The van der Waals surface area contributed by atoms with Gasteiger partial charge in [-0.3, -0.25) is 4.79 Å². The Morgan fingerprint density at radius 3 is 2.92 bits per heavy atom. The van der Waals surface area contributed by atoms with Crippen molar-refractivity contribution < 1.29 is 4.79 Å². The highest BCUT2D eigenvalue weighted by molar-refractivity contribution is 5.78. The fourth-order valence-corrected chi connectivity index (χ4v) is 3.12. The molecule has 74 valence electrons. The van der Waals surface area contributed by atoms with Crippen LogP contribution in [0.25, 0.3) is 0 Å². The lowest BCUT2D eigenvalue weighted by atomic mass is 9.75. The third-order valence-corrected chi connectivity index (χ3v) is 3.80. The molecule has 1 saturated heterocycles. The normalized spacial score (nSPS) is 44.4. The summed E-state index contributed by atoms with van der Waals surface area (Å²) in [7, 11) is 0. The van der Waals surface area contributed by atoms with Crippen LogP contribution in [0.15, 0.2) is 0 Å². The molecule has 1 aliphatic heterocycles. The van der Waals surface area contributed by atoms with Gasteiger partial charge >= 0.3 is 0 Å². The first-order valence-corrected chi connectivity index (χ1v) is 5.14. The number of nitrogens with one attached hydrogen (secondary N) is 1. The van der Waals surface area contributed by atoms with E-state index in [4.69, 9.17) is 5.73 Å². The van der Waals surface area contributed by atoms with Crippen LogP contribution in [0.2, 0.25) is 0 Å². The first kappa shape index (κ1) is 9.00. The summed E-state index contributed by atoms with van der Waals surface area (Å²) in [5.74, 6) is 0.735. The molecule has 1 heterocycles. The van der Waals surface area contributed by atoms with E-state index >= 15 is 0 Å². The molecule has 3 heteroatoms. The maximum atomic E-state index is 11.3. The number of carbonyl (C=O) groups is 1. The Hall–Kier alpha value is -0.570. The SMILES string of the molecule is CC1CCC2(CNCC2C(N)=O)C1. The standard InChI is InChI=1S/C10H18N2O/c1-7-2-3-10(4-7)6-12-5-8(10)9(11)13/h7-8,12H,2-6H2,1H3,(H2,11,13). The minimum atomic E-state index is -0.112. The van der Waals surface area contributed by atoms with Crippen LogP contribution in [0.5, 0.6) is 0 Å². The summed E-state index contributed by atoms with van der Waals surface area (Å²) in [6, 6.07) is 0. The average molecular weight is 182 g/mol. The molecular formula is C10H18N2O. The Morgan fingerprint density at radius 2 is 2.38 bits per heavy atom. The fourth-order valence-electron chi connectivity index (χ4n) is 3.12. The van der Waals surface area contributed by atoms with Crippen LogP contribution in [0.3, 0.4) is 0 Å². The minimum absolute atomic E-state index is 0.0810. The predicted molar refractivity (Wildman–Crippen MR) is 51.0 cm³/mol. The van der Waals surface area contributed by atoms with Gasteiger partial charge in [0.25, 0.3) is 0 Å². The summed E-state index contributed by atoms with van der Waals surface area (Å²) in [5, 5.41) is 3.31. The molecule has 13 heavy (non-hydrogen) atoms. The van der Waals surface area contributed by atoms with Crippen molar-refractivity contribution in [1.82, 2.24) is 5.32 Å². The molecule has 0 aromatic heterocycles. The zero-order valence-electron chi connectivity index (χ0n) is 8.18. The summed E-state index contributed by atoms with van der Waals surface area (Å²) in [6.45, 7) is 4.05. The molecule has 1 aliphatic carbocycles. The number of primary amides is 1.